The van der Waals surface area contributed by atoms with Gasteiger partial charge in [-0.05, 0) is 93.8 Å². The number of allylic oxidation sites excluding steroid dienone is 2. The standard InChI is InChI=1S/C31H32FNO4/c1-18-24(13-19-14-27(36-5)30(35)28(15-19)37-6)23-12-9-21(32)16-26(23)25(18)17-29(34)33-22-10-7-20(8-11-22)31(2,3)4/h7-16,35H,17H2,1-6H3,(H,33,34)/b24-13-. The molecule has 4 rings (SSSR count). The van der Waals surface area contributed by atoms with Gasteiger partial charge in [-0.25, -0.2) is 4.39 Å². The summed E-state index contributed by atoms with van der Waals surface area (Å²) in [6, 6.07) is 15.8. The second-order valence-corrected chi connectivity index (χ2v) is 10.2. The van der Waals surface area contributed by atoms with E-state index in [-0.39, 0.29) is 40.8 Å². The number of aromatic hydroxyl groups is 1. The van der Waals surface area contributed by atoms with Crippen LogP contribution in [0.25, 0.3) is 17.2 Å². The Morgan fingerprint density at radius 2 is 1.59 bits per heavy atom. The van der Waals surface area contributed by atoms with Crippen LogP contribution in [0.5, 0.6) is 17.2 Å². The normalized spacial score (nSPS) is 14.1. The maximum Gasteiger partial charge on any atom is 0.228 e. The molecule has 5 nitrogen and oxygen atoms in total. The summed E-state index contributed by atoms with van der Waals surface area (Å²) < 4.78 is 24.8. The summed E-state index contributed by atoms with van der Waals surface area (Å²) in [6.07, 6.45) is 2.02. The lowest BCUT2D eigenvalue weighted by Gasteiger charge is -2.19. The van der Waals surface area contributed by atoms with Gasteiger partial charge in [0.1, 0.15) is 5.82 Å². The van der Waals surface area contributed by atoms with E-state index in [0.29, 0.717) is 11.3 Å². The van der Waals surface area contributed by atoms with E-state index in [2.05, 4.69) is 26.1 Å². The zero-order chi connectivity index (χ0) is 26.9. The molecule has 0 spiro atoms. The Bertz CT molecular complexity index is 1390. The molecule has 3 aromatic carbocycles. The van der Waals surface area contributed by atoms with Crippen LogP contribution < -0.4 is 14.8 Å². The maximum atomic E-state index is 14.3. The number of rotatable bonds is 6. The smallest absolute Gasteiger partial charge is 0.228 e. The first-order valence-corrected chi connectivity index (χ1v) is 12.1. The van der Waals surface area contributed by atoms with E-state index >= 15 is 0 Å². The minimum atomic E-state index is -0.364. The second-order valence-electron chi connectivity index (χ2n) is 10.2. The summed E-state index contributed by atoms with van der Waals surface area (Å²) in [5.41, 5.74) is 6.70. The molecule has 0 aromatic heterocycles. The number of fused-ring (bicyclic) bond motifs is 1. The molecule has 3 aromatic rings. The third-order valence-electron chi connectivity index (χ3n) is 6.64. The topological polar surface area (TPSA) is 67.8 Å². The van der Waals surface area contributed by atoms with Crippen molar-refractivity contribution < 1.29 is 23.8 Å². The van der Waals surface area contributed by atoms with E-state index in [1.807, 2.05) is 37.3 Å². The van der Waals surface area contributed by atoms with Gasteiger partial charge in [-0.3, -0.25) is 4.79 Å². The highest BCUT2D eigenvalue weighted by molar-refractivity contribution is 6.10. The van der Waals surface area contributed by atoms with Gasteiger partial charge in [0.05, 0.1) is 20.6 Å². The van der Waals surface area contributed by atoms with Crippen molar-refractivity contribution in [2.75, 3.05) is 19.5 Å². The third kappa shape index (κ3) is 5.38. The molecule has 0 saturated heterocycles. The Kier molecular flexibility index (Phi) is 7.12. The van der Waals surface area contributed by atoms with Crippen molar-refractivity contribution in [3.05, 3.63) is 88.2 Å². The fourth-order valence-electron chi connectivity index (χ4n) is 4.56. The largest absolute Gasteiger partial charge is 0.502 e. The minimum Gasteiger partial charge on any atom is -0.502 e. The summed E-state index contributed by atoms with van der Waals surface area (Å²) in [7, 11) is 2.94. The SMILES string of the molecule is COc1cc(/C=C2/C(C)=C(CC(=O)Nc3ccc(C(C)(C)C)cc3)c3cc(F)ccc32)cc(OC)c1O. The van der Waals surface area contributed by atoms with Crippen LogP contribution in [0.15, 0.2) is 60.2 Å². The van der Waals surface area contributed by atoms with Crippen molar-refractivity contribution in [3.8, 4) is 17.2 Å². The van der Waals surface area contributed by atoms with Gasteiger partial charge in [-0.2, -0.15) is 0 Å². The van der Waals surface area contributed by atoms with Crippen LogP contribution in [-0.4, -0.2) is 25.2 Å². The van der Waals surface area contributed by atoms with E-state index < -0.39 is 0 Å². The Hall–Kier alpha value is -4.06. The minimum absolute atomic E-state index is 0.0242. The number of benzene rings is 3. The van der Waals surface area contributed by atoms with Gasteiger partial charge in [0.25, 0.3) is 0 Å². The molecule has 1 amide bonds. The lowest BCUT2D eigenvalue weighted by Crippen LogP contribution is -2.13. The number of hydrogen-bond donors (Lipinski definition) is 2. The molecule has 0 unspecified atom stereocenters. The van der Waals surface area contributed by atoms with E-state index in [9.17, 15) is 14.3 Å². The van der Waals surface area contributed by atoms with Gasteiger partial charge in [-0.1, -0.05) is 39.0 Å². The van der Waals surface area contributed by atoms with Crippen LogP contribution in [0.3, 0.4) is 0 Å². The maximum absolute atomic E-state index is 14.3. The zero-order valence-electron chi connectivity index (χ0n) is 22.0. The molecule has 2 N–H and O–H groups in total. The molecule has 0 fully saturated rings. The van der Waals surface area contributed by atoms with Gasteiger partial charge >= 0.3 is 0 Å². The molecule has 0 bridgehead atoms. The Balaban J connectivity index is 1.67. The Morgan fingerprint density at radius 1 is 0.973 bits per heavy atom. The molecular weight excluding hydrogens is 469 g/mol. The van der Waals surface area contributed by atoms with Crippen LogP contribution in [0.2, 0.25) is 0 Å². The molecule has 0 aliphatic heterocycles. The summed E-state index contributed by atoms with van der Waals surface area (Å²) in [6.45, 7) is 8.35. The predicted octanol–water partition coefficient (Wildman–Crippen LogP) is 7.20. The van der Waals surface area contributed by atoms with Crippen molar-refractivity contribution in [1.29, 1.82) is 0 Å². The number of phenolic OH excluding ortho intramolecular Hbond substituents is 1. The number of phenols is 1. The van der Waals surface area contributed by atoms with Crippen LogP contribution in [0, 0.1) is 5.82 Å². The van der Waals surface area contributed by atoms with E-state index in [0.717, 1.165) is 27.8 Å². The molecule has 0 atom stereocenters. The average Bonchev–Trinajstić information content (AvgIpc) is 3.09. The molecular formula is C31H32FNO4. The molecule has 192 valence electrons. The van der Waals surface area contributed by atoms with Crippen LogP contribution >= 0.6 is 0 Å². The van der Waals surface area contributed by atoms with Gasteiger partial charge in [0.2, 0.25) is 11.7 Å². The first kappa shape index (κ1) is 26.0. The van der Waals surface area contributed by atoms with Crippen molar-refractivity contribution in [3.63, 3.8) is 0 Å². The number of ether oxygens (including phenoxy) is 2. The van der Waals surface area contributed by atoms with Gasteiger partial charge in [-0.15, -0.1) is 0 Å². The highest BCUT2D eigenvalue weighted by atomic mass is 19.1. The molecule has 37 heavy (non-hydrogen) atoms. The zero-order valence-corrected chi connectivity index (χ0v) is 22.0. The van der Waals surface area contributed by atoms with Gasteiger partial charge in [0, 0.05) is 5.69 Å². The molecule has 1 aliphatic rings. The lowest BCUT2D eigenvalue weighted by molar-refractivity contribution is -0.115. The van der Waals surface area contributed by atoms with Crippen LogP contribution in [0.1, 0.15) is 56.4 Å². The lowest BCUT2D eigenvalue weighted by atomic mass is 9.87. The van der Waals surface area contributed by atoms with Gasteiger partial charge in [0.15, 0.2) is 11.5 Å². The van der Waals surface area contributed by atoms with Crippen molar-refractivity contribution in [2.45, 2.75) is 39.5 Å². The van der Waals surface area contributed by atoms with Crippen LogP contribution in [-0.2, 0) is 10.2 Å². The summed E-state index contributed by atoms with van der Waals surface area (Å²) in [5, 5.41) is 13.2. The highest BCUT2D eigenvalue weighted by Crippen LogP contribution is 2.45. The number of anilines is 1. The molecule has 6 heteroatoms. The van der Waals surface area contributed by atoms with Gasteiger partial charge < -0.3 is 19.9 Å². The third-order valence-corrected chi connectivity index (χ3v) is 6.64. The number of carbonyl (C=O) groups excluding carboxylic acids is 1. The molecule has 0 radical (unpaired) electrons. The average molecular weight is 502 g/mol. The number of hydrogen-bond acceptors (Lipinski definition) is 4. The number of methoxy groups -OCH3 is 2. The first-order valence-electron chi connectivity index (χ1n) is 12.1. The molecule has 0 heterocycles. The fourth-order valence-corrected chi connectivity index (χ4v) is 4.56. The summed E-state index contributed by atoms with van der Waals surface area (Å²) in [4.78, 5) is 13.0. The number of amides is 1. The Morgan fingerprint density at radius 3 is 2.16 bits per heavy atom. The second kappa shape index (κ2) is 10.1. The quantitative estimate of drug-likeness (QED) is 0.375. The van der Waals surface area contributed by atoms with E-state index in [4.69, 9.17) is 9.47 Å². The highest BCUT2D eigenvalue weighted by Gasteiger charge is 2.26. The number of carbonyl (C=O) groups is 1. The van der Waals surface area contributed by atoms with Crippen LogP contribution in [0.4, 0.5) is 10.1 Å². The molecule has 0 saturated carbocycles. The van der Waals surface area contributed by atoms with Crippen molar-refractivity contribution in [1.82, 2.24) is 0 Å². The first-order chi connectivity index (χ1) is 17.5. The fraction of sp³-hybridized carbons (Fsp3) is 0.258. The predicted molar refractivity (Wildman–Crippen MR) is 146 cm³/mol. The summed E-state index contributed by atoms with van der Waals surface area (Å²) in [5.74, 6) is -0.0654. The number of halogens is 1. The van der Waals surface area contributed by atoms with E-state index in [1.165, 1.54) is 31.9 Å². The monoisotopic (exact) mass is 501 g/mol. The number of nitrogens with one attached hydrogen (secondary N) is 1. The molecule has 1 aliphatic carbocycles. The van der Waals surface area contributed by atoms with Crippen molar-refractivity contribution in [2.24, 2.45) is 0 Å². The summed E-state index contributed by atoms with van der Waals surface area (Å²) >= 11 is 0. The Labute approximate surface area is 217 Å². The van der Waals surface area contributed by atoms with Crippen molar-refractivity contribution >= 4 is 28.8 Å². The van der Waals surface area contributed by atoms with E-state index in [1.54, 1.807) is 18.2 Å².